The molecule has 0 aromatic heterocycles. The Kier molecular flexibility index (Phi) is 2.80. The number of nitriles is 2. The van der Waals surface area contributed by atoms with E-state index in [1.807, 2.05) is 6.07 Å². The van der Waals surface area contributed by atoms with E-state index < -0.39 is 5.41 Å². The highest BCUT2D eigenvalue weighted by molar-refractivity contribution is 5.97. The molecule has 1 aliphatic rings. The van der Waals surface area contributed by atoms with Gasteiger partial charge in [0.2, 0.25) is 5.91 Å². The summed E-state index contributed by atoms with van der Waals surface area (Å²) in [4.78, 5) is 11.9. The first-order valence-corrected chi connectivity index (χ1v) is 5.43. The van der Waals surface area contributed by atoms with E-state index in [9.17, 15) is 4.79 Å². The molecule has 1 aromatic rings. The van der Waals surface area contributed by atoms with Crippen molar-refractivity contribution in [3.63, 3.8) is 0 Å². The molecule has 2 rings (SSSR count). The summed E-state index contributed by atoms with van der Waals surface area (Å²) in [5, 5.41) is 20.4. The lowest BCUT2D eigenvalue weighted by atomic mass is 9.69. The minimum Gasteiger partial charge on any atom is -0.325 e. The summed E-state index contributed by atoms with van der Waals surface area (Å²) in [6.45, 7) is 0. The molecule has 0 radical (unpaired) electrons. The molecular formula is C13H11N3O. The number of anilines is 1. The third kappa shape index (κ3) is 1.98. The zero-order chi connectivity index (χ0) is 12.3. The van der Waals surface area contributed by atoms with Crippen LogP contribution in [0.5, 0.6) is 0 Å². The third-order valence-electron chi connectivity index (χ3n) is 3.13. The topological polar surface area (TPSA) is 76.7 Å². The predicted molar refractivity (Wildman–Crippen MR) is 61.7 cm³/mol. The smallest absolute Gasteiger partial charge is 0.244 e. The lowest BCUT2D eigenvalue weighted by molar-refractivity contribution is -0.126. The molecule has 0 bridgehead atoms. The number of benzene rings is 1. The van der Waals surface area contributed by atoms with E-state index in [0.717, 1.165) is 6.42 Å². The number of amides is 1. The van der Waals surface area contributed by atoms with Gasteiger partial charge in [-0.15, -0.1) is 0 Å². The van der Waals surface area contributed by atoms with Crippen molar-refractivity contribution in [3.05, 3.63) is 29.8 Å². The normalized spacial score (nSPS) is 16.1. The predicted octanol–water partition coefficient (Wildman–Crippen LogP) is 2.19. The van der Waals surface area contributed by atoms with Crippen LogP contribution in [0.25, 0.3) is 0 Å². The van der Waals surface area contributed by atoms with Crippen LogP contribution in [0.2, 0.25) is 0 Å². The Balaban J connectivity index is 2.09. The largest absolute Gasteiger partial charge is 0.325 e. The van der Waals surface area contributed by atoms with E-state index in [1.165, 1.54) is 0 Å². The molecule has 1 amide bonds. The number of hydrogen-bond acceptors (Lipinski definition) is 3. The van der Waals surface area contributed by atoms with Crippen LogP contribution in [0, 0.1) is 28.1 Å². The summed E-state index contributed by atoms with van der Waals surface area (Å²) in [5.74, 6) is -0.240. The zero-order valence-corrected chi connectivity index (χ0v) is 9.23. The van der Waals surface area contributed by atoms with Crippen LogP contribution in [-0.2, 0) is 4.79 Å². The number of carbonyl (C=O) groups is 1. The van der Waals surface area contributed by atoms with Crippen molar-refractivity contribution >= 4 is 11.6 Å². The molecule has 0 heterocycles. The zero-order valence-electron chi connectivity index (χ0n) is 9.23. The van der Waals surface area contributed by atoms with Gasteiger partial charge in [-0.3, -0.25) is 4.79 Å². The van der Waals surface area contributed by atoms with E-state index in [-0.39, 0.29) is 5.91 Å². The summed E-state index contributed by atoms with van der Waals surface area (Å²) < 4.78 is 0. The third-order valence-corrected chi connectivity index (χ3v) is 3.13. The highest BCUT2D eigenvalue weighted by atomic mass is 16.2. The molecule has 1 N–H and O–H groups in total. The minimum absolute atomic E-state index is 0.240. The molecule has 0 aliphatic heterocycles. The molecule has 0 spiro atoms. The maximum absolute atomic E-state index is 11.9. The second-order valence-electron chi connectivity index (χ2n) is 4.19. The SMILES string of the molecule is N#Cc1ccc(NC(=O)C2(C#N)CCC2)cc1. The molecule has 1 saturated carbocycles. The molecule has 4 nitrogen and oxygen atoms in total. The number of nitrogens with zero attached hydrogens (tertiary/aromatic N) is 2. The first kappa shape index (κ1) is 11.2. The Hall–Kier alpha value is -2.33. The molecule has 0 saturated heterocycles. The highest BCUT2D eigenvalue weighted by Crippen LogP contribution is 2.41. The lowest BCUT2D eigenvalue weighted by Gasteiger charge is -2.33. The monoisotopic (exact) mass is 225 g/mol. The maximum atomic E-state index is 11.9. The molecule has 0 atom stereocenters. The molecule has 0 unspecified atom stereocenters. The molecule has 84 valence electrons. The van der Waals surface area contributed by atoms with E-state index in [0.29, 0.717) is 24.1 Å². The van der Waals surface area contributed by atoms with Crippen LogP contribution < -0.4 is 5.32 Å². The quantitative estimate of drug-likeness (QED) is 0.838. The second kappa shape index (κ2) is 4.27. The van der Waals surface area contributed by atoms with Crippen LogP contribution in [0.15, 0.2) is 24.3 Å². The Labute approximate surface area is 99.5 Å². The van der Waals surface area contributed by atoms with Gasteiger partial charge in [-0.05, 0) is 43.5 Å². The van der Waals surface area contributed by atoms with Crippen molar-refractivity contribution in [2.45, 2.75) is 19.3 Å². The molecule has 1 aliphatic carbocycles. The van der Waals surface area contributed by atoms with E-state index in [1.54, 1.807) is 24.3 Å². The van der Waals surface area contributed by atoms with Gasteiger partial charge in [-0.2, -0.15) is 10.5 Å². The van der Waals surface area contributed by atoms with Crippen molar-refractivity contribution in [2.75, 3.05) is 5.32 Å². The molecule has 17 heavy (non-hydrogen) atoms. The van der Waals surface area contributed by atoms with Gasteiger partial charge in [0.15, 0.2) is 0 Å². The van der Waals surface area contributed by atoms with Crippen LogP contribution in [0.1, 0.15) is 24.8 Å². The summed E-state index contributed by atoms with van der Waals surface area (Å²) in [7, 11) is 0. The van der Waals surface area contributed by atoms with Crippen molar-refractivity contribution < 1.29 is 4.79 Å². The molecular weight excluding hydrogens is 214 g/mol. The first-order valence-electron chi connectivity index (χ1n) is 5.43. The fourth-order valence-corrected chi connectivity index (χ4v) is 1.80. The minimum atomic E-state index is -0.839. The van der Waals surface area contributed by atoms with Crippen molar-refractivity contribution in [1.82, 2.24) is 0 Å². The van der Waals surface area contributed by atoms with E-state index >= 15 is 0 Å². The second-order valence-corrected chi connectivity index (χ2v) is 4.19. The highest BCUT2D eigenvalue weighted by Gasteiger charge is 2.44. The van der Waals surface area contributed by atoms with Crippen LogP contribution in [0.3, 0.4) is 0 Å². The van der Waals surface area contributed by atoms with E-state index in [4.69, 9.17) is 10.5 Å². The first-order chi connectivity index (χ1) is 8.20. The van der Waals surface area contributed by atoms with Crippen molar-refractivity contribution in [1.29, 1.82) is 10.5 Å². The van der Waals surface area contributed by atoms with Crippen LogP contribution in [0.4, 0.5) is 5.69 Å². The van der Waals surface area contributed by atoms with Gasteiger partial charge >= 0.3 is 0 Å². The van der Waals surface area contributed by atoms with Gasteiger partial charge in [0.05, 0.1) is 17.7 Å². The molecule has 4 heteroatoms. The van der Waals surface area contributed by atoms with E-state index in [2.05, 4.69) is 11.4 Å². The summed E-state index contributed by atoms with van der Waals surface area (Å²) in [6.07, 6.45) is 2.19. The fraction of sp³-hybridized carbons (Fsp3) is 0.308. The standard InChI is InChI=1S/C13H11N3O/c14-8-10-2-4-11(5-3-10)16-12(17)13(9-15)6-1-7-13/h2-5H,1,6-7H2,(H,16,17). The Morgan fingerprint density at radius 1 is 1.24 bits per heavy atom. The van der Waals surface area contributed by atoms with Gasteiger partial charge in [0.1, 0.15) is 5.41 Å². The van der Waals surface area contributed by atoms with Crippen molar-refractivity contribution in [2.24, 2.45) is 5.41 Å². The van der Waals surface area contributed by atoms with Gasteiger partial charge in [-0.1, -0.05) is 0 Å². The van der Waals surface area contributed by atoms with Crippen molar-refractivity contribution in [3.8, 4) is 12.1 Å². The fourth-order valence-electron chi connectivity index (χ4n) is 1.80. The average molecular weight is 225 g/mol. The number of carbonyl (C=O) groups excluding carboxylic acids is 1. The number of hydrogen-bond donors (Lipinski definition) is 1. The number of rotatable bonds is 2. The molecule has 1 fully saturated rings. The number of nitrogens with one attached hydrogen (secondary N) is 1. The van der Waals surface area contributed by atoms with Gasteiger partial charge < -0.3 is 5.32 Å². The lowest BCUT2D eigenvalue weighted by Crippen LogP contribution is -2.40. The summed E-state index contributed by atoms with van der Waals surface area (Å²) >= 11 is 0. The van der Waals surface area contributed by atoms with Gasteiger partial charge in [-0.25, -0.2) is 0 Å². The van der Waals surface area contributed by atoms with Gasteiger partial charge in [0.25, 0.3) is 0 Å². The van der Waals surface area contributed by atoms with Gasteiger partial charge in [0, 0.05) is 5.69 Å². The summed E-state index contributed by atoms with van der Waals surface area (Å²) in [6, 6.07) is 10.7. The van der Waals surface area contributed by atoms with Crippen LogP contribution >= 0.6 is 0 Å². The molecule has 1 aromatic carbocycles. The average Bonchev–Trinajstić information content (AvgIpc) is 2.29. The Morgan fingerprint density at radius 2 is 1.88 bits per heavy atom. The van der Waals surface area contributed by atoms with Crippen LogP contribution in [-0.4, -0.2) is 5.91 Å². The maximum Gasteiger partial charge on any atom is 0.244 e. The Morgan fingerprint density at radius 3 is 2.29 bits per heavy atom. The Bertz CT molecular complexity index is 515. The summed E-state index contributed by atoms with van der Waals surface area (Å²) in [5.41, 5.74) is 0.325.